The number of hydrogen-bond donors (Lipinski definition) is 1. The largest absolute Gasteiger partial charge is 0.467 e. The van der Waals surface area contributed by atoms with Crippen LogP contribution in [-0.4, -0.2) is 18.2 Å². The number of esters is 1. The maximum atomic E-state index is 11.2. The molecule has 1 unspecified atom stereocenters. The molecule has 0 aliphatic carbocycles. The average molecular weight is 273 g/mol. The number of aryl methyl sites for hydroxylation is 1. The van der Waals surface area contributed by atoms with E-state index in [1.54, 1.807) is 6.07 Å². The minimum absolute atomic E-state index is 0.578. The molecule has 3 nitrogen and oxygen atoms in total. The highest BCUT2D eigenvalue weighted by Crippen LogP contribution is 2.27. The van der Waals surface area contributed by atoms with E-state index in [9.17, 15) is 9.90 Å². The number of methoxy groups -OCH3 is 1. The monoisotopic (exact) mass is 272 g/mol. The zero-order chi connectivity index (χ0) is 11.6. The van der Waals surface area contributed by atoms with E-state index >= 15 is 0 Å². The molecule has 0 fully saturated rings. The summed E-state index contributed by atoms with van der Waals surface area (Å²) in [6, 6.07) is 3.71. The van der Waals surface area contributed by atoms with Crippen molar-refractivity contribution in [1.29, 1.82) is 0 Å². The Balaban J connectivity index is 3.19. The van der Waals surface area contributed by atoms with Gasteiger partial charge in [0.15, 0.2) is 6.10 Å². The molecular weight excluding hydrogens is 260 g/mol. The van der Waals surface area contributed by atoms with Crippen LogP contribution in [0.1, 0.15) is 22.8 Å². The highest BCUT2D eigenvalue weighted by atomic mass is 79.9. The molecule has 1 N–H and O–H groups in total. The van der Waals surface area contributed by atoms with Gasteiger partial charge in [-0.25, -0.2) is 4.79 Å². The molecule has 1 atom stereocenters. The van der Waals surface area contributed by atoms with Crippen molar-refractivity contribution in [2.24, 2.45) is 0 Å². The Morgan fingerprint density at radius 2 is 2.07 bits per heavy atom. The van der Waals surface area contributed by atoms with E-state index in [0.29, 0.717) is 5.56 Å². The number of aliphatic hydroxyl groups is 1. The van der Waals surface area contributed by atoms with Crippen LogP contribution in [0.25, 0.3) is 0 Å². The number of halogens is 1. The lowest BCUT2D eigenvalue weighted by atomic mass is 10.0. The highest BCUT2D eigenvalue weighted by molar-refractivity contribution is 9.10. The summed E-state index contributed by atoms with van der Waals surface area (Å²) in [5, 5.41) is 9.72. The fourth-order valence-electron chi connectivity index (χ4n) is 1.36. The molecule has 0 spiro atoms. The van der Waals surface area contributed by atoms with Crippen LogP contribution in [0.2, 0.25) is 0 Å². The van der Waals surface area contributed by atoms with Gasteiger partial charge in [0, 0.05) is 4.47 Å². The van der Waals surface area contributed by atoms with Crippen molar-refractivity contribution in [3.8, 4) is 0 Å². The molecule has 82 valence electrons. The quantitative estimate of drug-likeness (QED) is 0.841. The predicted molar refractivity (Wildman–Crippen MR) is 60.6 cm³/mol. The zero-order valence-corrected chi connectivity index (χ0v) is 10.5. The number of aliphatic hydroxyl groups excluding tert-OH is 1. The lowest BCUT2D eigenvalue weighted by molar-refractivity contribution is -0.150. The Hall–Kier alpha value is -0.870. The lowest BCUT2D eigenvalue weighted by Crippen LogP contribution is -2.15. The molecule has 0 radical (unpaired) electrons. The average Bonchev–Trinajstić information content (AvgIpc) is 2.21. The van der Waals surface area contributed by atoms with Gasteiger partial charge in [0.1, 0.15) is 0 Å². The van der Waals surface area contributed by atoms with E-state index in [0.717, 1.165) is 15.6 Å². The maximum Gasteiger partial charge on any atom is 0.339 e. The van der Waals surface area contributed by atoms with Crippen LogP contribution in [0.15, 0.2) is 16.6 Å². The number of rotatable bonds is 2. The third-order valence-electron chi connectivity index (χ3n) is 2.25. The van der Waals surface area contributed by atoms with E-state index in [1.807, 2.05) is 19.9 Å². The molecule has 0 amide bonds. The van der Waals surface area contributed by atoms with Crippen LogP contribution >= 0.6 is 15.9 Å². The van der Waals surface area contributed by atoms with Gasteiger partial charge in [0.25, 0.3) is 0 Å². The maximum absolute atomic E-state index is 11.2. The molecule has 1 rings (SSSR count). The van der Waals surface area contributed by atoms with Crippen molar-refractivity contribution < 1.29 is 14.6 Å². The van der Waals surface area contributed by atoms with Crippen molar-refractivity contribution >= 4 is 21.9 Å². The molecule has 0 bridgehead atoms. The summed E-state index contributed by atoms with van der Waals surface area (Å²) in [5.41, 5.74) is 2.40. The van der Waals surface area contributed by atoms with Crippen LogP contribution in [0, 0.1) is 13.8 Å². The number of hydrogen-bond acceptors (Lipinski definition) is 3. The fraction of sp³-hybridized carbons (Fsp3) is 0.364. The topological polar surface area (TPSA) is 46.5 Å². The summed E-state index contributed by atoms with van der Waals surface area (Å²) in [5.74, 6) is -0.643. The van der Waals surface area contributed by atoms with Crippen molar-refractivity contribution in [2.75, 3.05) is 7.11 Å². The van der Waals surface area contributed by atoms with Gasteiger partial charge in [-0.3, -0.25) is 0 Å². The number of carbonyl (C=O) groups excluding carboxylic acids is 1. The molecular formula is C11H13BrO3. The third kappa shape index (κ3) is 2.58. The summed E-state index contributed by atoms with van der Waals surface area (Å²) in [4.78, 5) is 11.2. The van der Waals surface area contributed by atoms with E-state index in [4.69, 9.17) is 0 Å². The second-order valence-corrected chi connectivity index (χ2v) is 4.24. The first-order chi connectivity index (χ1) is 6.97. The molecule has 15 heavy (non-hydrogen) atoms. The Bertz CT molecular complexity index is 388. The fourth-order valence-corrected chi connectivity index (χ4v) is 1.95. The molecule has 4 heteroatoms. The molecule has 1 aromatic rings. The Labute approximate surface area is 97.2 Å². The van der Waals surface area contributed by atoms with E-state index < -0.39 is 12.1 Å². The van der Waals surface area contributed by atoms with Gasteiger partial charge < -0.3 is 9.84 Å². The number of benzene rings is 1. The normalized spacial score (nSPS) is 12.3. The summed E-state index contributed by atoms with van der Waals surface area (Å²) >= 11 is 3.37. The minimum Gasteiger partial charge on any atom is -0.467 e. The summed E-state index contributed by atoms with van der Waals surface area (Å²) in [6.07, 6.45) is -1.22. The van der Waals surface area contributed by atoms with Gasteiger partial charge in [-0.1, -0.05) is 22.0 Å². The van der Waals surface area contributed by atoms with Crippen molar-refractivity contribution in [1.82, 2.24) is 0 Å². The van der Waals surface area contributed by atoms with Crippen molar-refractivity contribution in [3.63, 3.8) is 0 Å². The third-order valence-corrected chi connectivity index (χ3v) is 3.07. The van der Waals surface area contributed by atoms with Crippen LogP contribution in [0.3, 0.4) is 0 Å². The highest BCUT2D eigenvalue weighted by Gasteiger charge is 2.20. The first-order valence-corrected chi connectivity index (χ1v) is 5.29. The van der Waals surface area contributed by atoms with E-state index in [-0.39, 0.29) is 0 Å². The zero-order valence-electron chi connectivity index (χ0n) is 8.87. The first kappa shape index (κ1) is 12.2. The molecule has 0 aromatic heterocycles. The lowest BCUT2D eigenvalue weighted by Gasteiger charge is -2.13. The summed E-state index contributed by atoms with van der Waals surface area (Å²) in [7, 11) is 1.26. The van der Waals surface area contributed by atoms with Crippen LogP contribution in [0.4, 0.5) is 0 Å². The number of carbonyl (C=O) groups is 1. The smallest absolute Gasteiger partial charge is 0.339 e. The summed E-state index contributed by atoms with van der Waals surface area (Å²) < 4.78 is 5.37. The van der Waals surface area contributed by atoms with Gasteiger partial charge in [0.05, 0.1) is 7.11 Å². The predicted octanol–water partition coefficient (Wildman–Crippen LogP) is 2.27. The minimum atomic E-state index is -1.22. The van der Waals surface area contributed by atoms with Crippen LogP contribution < -0.4 is 0 Å². The van der Waals surface area contributed by atoms with Crippen LogP contribution in [-0.2, 0) is 9.53 Å². The second-order valence-electron chi connectivity index (χ2n) is 3.39. The summed E-state index contributed by atoms with van der Waals surface area (Å²) in [6.45, 7) is 3.74. The Kier molecular flexibility index (Phi) is 3.88. The molecule has 0 aliphatic heterocycles. The molecule has 0 heterocycles. The van der Waals surface area contributed by atoms with Gasteiger partial charge >= 0.3 is 5.97 Å². The van der Waals surface area contributed by atoms with Gasteiger partial charge in [-0.05, 0) is 36.6 Å². The van der Waals surface area contributed by atoms with Crippen molar-refractivity contribution in [3.05, 3.63) is 33.3 Å². The second kappa shape index (κ2) is 4.77. The first-order valence-electron chi connectivity index (χ1n) is 4.50. The molecule has 0 aliphatic rings. The Morgan fingerprint density at radius 3 is 2.60 bits per heavy atom. The molecule has 0 saturated heterocycles. The molecule has 1 aromatic carbocycles. The standard InChI is InChI=1S/C11H13BrO3/c1-6-4-8(7(2)9(12)5-6)10(13)11(14)15-3/h4-5,10,13H,1-3H3. The van der Waals surface area contributed by atoms with Crippen LogP contribution in [0.5, 0.6) is 0 Å². The van der Waals surface area contributed by atoms with Gasteiger partial charge in [-0.15, -0.1) is 0 Å². The van der Waals surface area contributed by atoms with E-state index in [1.165, 1.54) is 7.11 Å². The van der Waals surface area contributed by atoms with Gasteiger partial charge in [-0.2, -0.15) is 0 Å². The number of ether oxygens (including phenoxy) is 1. The SMILES string of the molecule is COC(=O)C(O)c1cc(C)cc(Br)c1C. The van der Waals surface area contributed by atoms with Crippen molar-refractivity contribution in [2.45, 2.75) is 20.0 Å². The van der Waals surface area contributed by atoms with E-state index in [2.05, 4.69) is 20.7 Å². The Morgan fingerprint density at radius 1 is 1.47 bits per heavy atom. The molecule has 0 saturated carbocycles. The van der Waals surface area contributed by atoms with Gasteiger partial charge in [0.2, 0.25) is 0 Å².